The molecule has 1 aromatic carbocycles. The van der Waals surface area contributed by atoms with Crippen molar-refractivity contribution in [3.63, 3.8) is 0 Å². The van der Waals surface area contributed by atoms with Crippen molar-refractivity contribution in [3.05, 3.63) is 46.5 Å². The van der Waals surface area contributed by atoms with Gasteiger partial charge in [0.05, 0.1) is 16.6 Å². The minimum atomic E-state index is -0.0681. The first-order valence-corrected chi connectivity index (χ1v) is 7.49. The van der Waals surface area contributed by atoms with Crippen LogP contribution in [0.5, 0.6) is 0 Å². The van der Waals surface area contributed by atoms with Crippen molar-refractivity contribution in [1.29, 1.82) is 0 Å². The number of likely N-dealkylation sites (tertiary alicyclic amines) is 1. The second-order valence-corrected chi connectivity index (χ2v) is 5.89. The average molecular weight is 325 g/mol. The van der Waals surface area contributed by atoms with Crippen molar-refractivity contribution in [3.8, 4) is 0 Å². The summed E-state index contributed by atoms with van der Waals surface area (Å²) in [6, 6.07) is 5.11. The first kappa shape index (κ1) is 14.4. The summed E-state index contributed by atoms with van der Waals surface area (Å²) in [7, 11) is 0. The van der Waals surface area contributed by atoms with Crippen molar-refractivity contribution in [2.24, 2.45) is 0 Å². The van der Waals surface area contributed by atoms with Crippen LogP contribution in [-0.2, 0) is 0 Å². The van der Waals surface area contributed by atoms with Gasteiger partial charge in [-0.05, 0) is 31.0 Å². The highest BCUT2D eigenvalue weighted by molar-refractivity contribution is 6.36. The third-order valence-electron chi connectivity index (χ3n) is 3.66. The summed E-state index contributed by atoms with van der Waals surface area (Å²) in [6.07, 6.45) is 5.12. The molecule has 0 bridgehead atoms. The second-order valence-electron chi connectivity index (χ2n) is 5.05. The average Bonchev–Trinajstić information content (AvgIpc) is 3.01. The topological polar surface area (TPSA) is 51.0 Å². The van der Waals surface area contributed by atoms with Gasteiger partial charge in [-0.25, -0.2) is 9.67 Å². The number of benzene rings is 1. The fourth-order valence-electron chi connectivity index (χ4n) is 2.59. The zero-order chi connectivity index (χ0) is 14.8. The smallest absolute Gasteiger partial charge is 0.255 e. The van der Waals surface area contributed by atoms with Gasteiger partial charge in [-0.3, -0.25) is 4.79 Å². The van der Waals surface area contributed by atoms with Crippen LogP contribution in [0.15, 0.2) is 30.9 Å². The Balaban J connectivity index is 1.78. The zero-order valence-electron chi connectivity index (χ0n) is 11.2. The summed E-state index contributed by atoms with van der Waals surface area (Å²) in [5.74, 6) is -0.0681. The van der Waals surface area contributed by atoms with Gasteiger partial charge in [0.1, 0.15) is 12.7 Å². The molecule has 7 heteroatoms. The quantitative estimate of drug-likeness (QED) is 0.853. The summed E-state index contributed by atoms with van der Waals surface area (Å²) in [5, 5.41) is 5.07. The molecule has 0 unspecified atom stereocenters. The molecule has 1 atom stereocenters. The van der Waals surface area contributed by atoms with Gasteiger partial charge in [-0.15, -0.1) is 0 Å². The molecule has 1 aliphatic rings. The Hall–Kier alpha value is -1.59. The number of nitrogens with zero attached hydrogens (tertiary/aromatic N) is 4. The van der Waals surface area contributed by atoms with E-state index in [0.717, 1.165) is 19.4 Å². The molecule has 0 radical (unpaired) electrons. The Kier molecular flexibility index (Phi) is 4.12. The van der Waals surface area contributed by atoms with Crippen molar-refractivity contribution in [2.75, 3.05) is 13.1 Å². The number of hydrogen-bond acceptors (Lipinski definition) is 3. The molecule has 0 spiro atoms. The van der Waals surface area contributed by atoms with Crippen LogP contribution in [0.1, 0.15) is 29.2 Å². The monoisotopic (exact) mass is 324 g/mol. The van der Waals surface area contributed by atoms with Gasteiger partial charge in [0, 0.05) is 18.1 Å². The number of aromatic nitrogens is 3. The van der Waals surface area contributed by atoms with Crippen LogP contribution >= 0.6 is 23.2 Å². The van der Waals surface area contributed by atoms with Gasteiger partial charge in [0.15, 0.2) is 0 Å². The molecule has 21 heavy (non-hydrogen) atoms. The van der Waals surface area contributed by atoms with Crippen LogP contribution in [0.3, 0.4) is 0 Å². The van der Waals surface area contributed by atoms with E-state index in [1.54, 1.807) is 24.5 Å². The van der Waals surface area contributed by atoms with Crippen LogP contribution in [0.4, 0.5) is 0 Å². The lowest BCUT2D eigenvalue weighted by atomic mass is 10.0. The summed E-state index contributed by atoms with van der Waals surface area (Å²) in [4.78, 5) is 18.4. The molecular formula is C14H14Cl2N4O. The predicted molar refractivity (Wildman–Crippen MR) is 80.7 cm³/mol. The minimum Gasteiger partial charge on any atom is -0.336 e. The predicted octanol–water partition coefficient (Wildman–Crippen LogP) is 3.06. The van der Waals surface area contributed by atoms with E-state index < -0.39 is 0 Å². The molecular weight excluding hydrogens is 311 g/mol. The molecule has 2 aromatic rings. The Morgan fingerprint density at radius 1 is 1.33 bits per heavy atom. The highest BCUT2D eigenvalue weighted by Crippen LogP contribution is 2.26. The molecule has 1 amide bonds. The Bertz CT molecular complexity index is 644. The SMILES string of the molecule is O=C(c1ccc(Cl)cc1Cl)N1CCC[C@H](n2cncn2)C1. The number of piperidine rings is 1. The maximum absolute atomic E-state index is 12.6. The second kappa shape index (κ2) is 6.03. The number of rotatable bonds is 2. The first-order chi connectivity index (χ1) is 10.1. The lowest BCUT2D eigenvalue weighted by molar-refractivity contribution is 0.0673. The summed E-state index contributed by atoms with van der Waals surface area (Å²) in [5.41, 5.74) is 0.486. The van der Waals surface area contributed by atoms with Gasteiger partial charge in [-0.1, -0.05) is 23.2 Å². The minimum absolute atomic E-state index is 0.0681. The molecule has 1 aliphatic heterocycles. The zero-order valence-corrected chi connectivity index (χ0v) is 12.8. The van der Waals surface area contributed by atoms with Gasteiger partial charge in [0.2, 0.25) is 0 Å². The Labute approximate surface area is 132 Å². The number of hydrogen-bond donors (Lipinski definition) is 0. The fraction of sp³-hybridized carbons (Fsp3) is 0.357. The number of carbonyl (C=O) groups is 1. The van der Waals surface area contributed by atoms with E-state index in [2.05, 4.69) is 10.1 Å². The summed E-state index contributed by atoms with van der Waals surface area (Å²) >= 11 is 12.0. The fourth-order valence-corrected chi connectivity index (χ4v) is 3.08. The standard InChI is InChI=1S/C14H14Cl2N4O/c15-10-3-4-12(13(16)6-10)14(21)19-5-1-2-11(7-19)20-9-17-8-18-20/h3-4,6,8-9,11H,1-2,5,7H2/t11-/m0/s1. The highest BCUT2D eigenvalue weighted by atomic mass is 35.5. The van der Waals surface area contributed by atoms with Crippen molar-refractivity contribution < 1.29 is 4.79 Å². The van der Waals surface area contributed by atoms with Crippen molar-refractivity contribution >= 4 is 29.1 Å². The summed E-state index contributed by atoms with van der Waals surface area (Å²) < 4.78 is 1.81. The van der Waals surface area contributed by atoms with Crippen LogP contribution in [-0.4, -0.2) is 38.7 Å². The van der Waals surface area contributed by atoms with Crippen LogP contribution in [0.2, 0.25) is 10.0 Å². The molecule has 1 fully saturated rings. The van der Waals surface area contributed by atoms with E-state index >= 15 is 0 Å². The number of carbonyl (C=O) groups excluding carboxylic acids is 1. The molecule has 2 heterocycles. The molecule has 0 N–H and O–H groups in total. The Morgan fingerprint density at radius 3 is 2.90 bits per heavy atom. The number of halogens is 2. The molecule has 110 valence electrons. The third kappa shape index (κ3) is 3.04. The van der Waals surface area contributed by atoms with E-state index in [1.807, 2.05) is 9.58 Å². The van der Waals surface area contributed by atoms with E-state index in [-0.39, 0.29) is 11.9 Å². The molecule has 1 aromatic heterocycles. The highest BCUT2D eigenvalue weighted by Gasteiger charge is 2.26. The molecule has 5 nitrogen and oxygen atoms in total. The lowest BCUT2D eigenvalue weighted by Crippen LogP contribution is -2.41. The molecule has 0 aliphatic carbocycles. The van der Waals surface area contributed by atoms with E-state index in [4.69, 9.17) is 23.2 Å². The maximum atomic E-state index is 12.6. The normalized spacial score (nSPS) is 18.8. The summed E-state index contributed by atoms with van der Waals surface area (Å²) in [6.45, 7) is 1.34. The van der Waals surface area contributed by atoms with E-state index in [1.165, 1.54) is 6.33 Å². The molecule has 0 saturated carbocycles. The van der Waals surface area contributed by atoms with Crippen LogP contribution < -0.4 is 0 Å². The largest absolute Gasteiger partial charge is 0.336 e. The van der Waals surface area contributed by atoms with E-state index in [9.17, 15) is 4.79 Å². The van der Waals surface area contributed by atoms with Gasteiger partial charge in [-0.2, -0.15) is 5.10 Å². The third-order valence-corrected chi connectivity index (χ3v) is 4.20. The van der Waals surface area contributed by atoms with Gasteiger partial charge < -0.3 is 4.90 Å². The lowest BCUT2D eigenvalue weighted by Gasteiger charge is -2.32. The maximum Gasteiger partial charge on any atom is 0.255 e. The van der Waals surface area contributed by atoms with Crippen LogP contribution in [0.25, 0.3) is 0 Å². The number of amides is 1. The van der Waals surface area contributed by atoms with E-state index in [0.29, 0.717) is 22.2 Å². The van der Waals surface area contributed by atoms with Crippen LogP contribution in [0, 0.1) is 0 Å². The van der Waals surface area contributed by atoms with Crippen molar-refractivity contribution in [2.45, 2.75) is 18.9 Å². The molecule has 3 rings (SSSR count). The molecule has 1 saturated heterocycles. The van der Waals surface area contributed by atoms with Gasteiger partial charge in [0.25, 0.3) is 5.91 Å². The van der Waals surface area contributed by atoms with Crippen molar-refractivity contribution in [1.82, 2.24) is 19.7 Å². The Morgan fingerprint density at radius 2 is 2.19 bits per heavy atom. The first-order valence-electron chi connectivity index (χ1n) is 6.73. The van der Waals surface area contributed by atoms with Gasteiger partial charge >= 0.3 is 0 Å².